The molecule has 33 heavy (non-hydrogen) atoms. The summed E-state index contributed by atoms with van der Waals surface area (Å²) in [7, 11) is 3.17. The van der Waals surface area contributed by atoms with Crippen molar-refractivity contribution < 1.29 is 19.4 Å². The Hall–Kier alpha value is -3.93. The Morgan fingerprint density at radius 2 is 1.70 bits per heavy atom. The van der Waals surface area contributed by atoms with Gasteiger partial charge in [-0.05, 0) is 59.9 Å². The summed E-state index contributed by atoms with van der Waals surface area (Å²) in [5.74, 6) is 1.36. The lowest BCUT2D eigenvalue weighted by Crippen LogP contribution is -2.26. The highest BCUT2D eigenvalue weighted by atomic mass is 16.5. The van der Waals surface area contributed by atoms with Crippen LogP contribution in [0, 0.1) is 0 Å². The van der Waals surface area contributed by atoms with Crippen molar-refractivity contribution in [1.29, 1.82) is 0 Å². The molecule has 0 saturated carbocycles. The summed E-state index contributed by atoms with van der Waals surface area (Å²) in [6.45, 7) is 0. The summed E-state index contributed by atoms with van der Waals surface area (Å²) in [6.07, 6.45) is 1.10. The molecule has 1 heterocycles. The fourth-order valence-electron chi connectivity index (χ4n) is 4.76. The monoisotopic (exact) mass is 442 g/mol. The molecule has 3 aromatic rings. The second-order valence-corrected chi connectivity index (χ2v) is 8.38. The minimum Gasteiger partial charge on any atom is -0.504 e. The van der Waals surface area contributed by atoms with Crippen LogP contribution in [0.1, 0.15) is 35.9 Å². The molecule has 0 amide bonds. The van der Waals surface area contributed by atoms with Crippen molar-refractivity contribution in [3.8, 4) is 17.2 Å². The highest BCUT2D eigenvalue weighted by Gasteiger charge is 2.36. The van der Waals surface area contributed by atoms with Gasteiger partial charge in [0.05, 0.1) is 31.6 Å². The van der Waals surface area contributed by atoms with Crippen LogP contribution < -0.4 is 20.1 Å². The molecular weight excluding hydrogens is 416 g/mol. The number of benzene rings is 3. The highest BCUT2D eigenvalue weighted by Crippen LogP contribution is 2.45. The van der Waals surface area contributed by atoms with Crippen molar-refractivity contribution in [1.82, 2.24) is 0 Å². The van der Waals surface area contributed by atoms with Gasteiger partial charge in [-0.25, -0.2) is 0 Å². The van der Waals surface area contributed by atoms with Gasteiger partial charge in [0, 0.05) is 17.7 Å². The molecule has 1 aliphatic carbocycles. The summed E-state index contributed by atoms with van der Waals surface area (Å²) < 4.78 is 10.6. The van der Waals surface area contributed by atoms with E-state index in [-0.39, 0.29) is 17.5 Å². The molecule has 2 aliphatic rings. The number of nitrogens with one attached hydrogen (secondary N) is 2. The van der Waals surface area contributed by atoms with Crippen LogP contribution >= 0.6 is 0 Å². The van der Waals surface area contributed by atoms with E-state index in [4.69, 9.17) is 9.47 Å². The maximum atomic E-state index is 13.6. The number of allylic oxidation sites excluding steroid dienone is 1. The van der Waals surface area contributed by atoms with E-state index in [1.54, 1.807) is 19.2 Å². The Balaban J connectivity index is 1.60. The van der Waals surface area contributed by atoms with Gasteiger partial charge in [0.25, 0.3) is 0 Å². The van der Waals surface area contributed by atoms with Crippen molar-refractivity contribution >= 4 is 17.2 Å². The van der Waals surface area contributed by atoms with Gasteiger partial charge in [0.1, 0.15) is 5.75 Å². The number of fused-ring (bicyclic) bond motifs is 1. The number of phenols is 1. The Morgan fingerprint density at radius 1 is 0.879 bits per heavy atom. The number of hydrogen-bond acceptors (Lipinski definition) is 6. The van der Waals surface area contributed by atoms with Crippen LogP contribution in [0.25, 0.3) is 0 Å². The molecule has 3 N–H and O–H groups in total. The standard InChI is InChI=1S/C27H26N2O4/c1-32-19-7-5-6-16(12-19)18-13-22-26(24(31)15-18)27(17-10-11-25(33-2)23(30)14-17)29-21-9-4-3-8-20(21)28-22/h3-12,14,18,27-30H,13,15H2,1-2H3. The quantitative estimate of drug-likeness (QED) is 0.503. The fraction of sp³-hybridized carbons (Fsp3) is 0.222. The molecule has 0 saturated heterocycles. The van der Waals surface area contributed by atoms with Crippen LogP contribution in [0.3, 0.4) is 0 Å². The molecule has 0 bridgehead atoms. The lowest BCUT2D eigenvalue weighted by atomic mass is 9.78. The van der Waals surface area contributed by atoms with Crippen molar-refractivity contribution in [2.75, 3.05) is 24.9 Å². The molecule has 5 rings (SSSR count). The van der Waals surface area contributed by atoms with E-state index in [1.807, 2.05) is 54.6 Å². The molecule has 6 nitrogen and oxygen atoms in total. The number of carbonyl (C=O) groups is 1. The SMILES string of the molecule is COc1cccc(C2CC(=O)C3=C(C2)Nc2ccccc2NC3c2ccc(OC)c(O)c2)c1. The van der Waals surface area contributed by atoms with Gasteiger partial charge < -0.3 is 25.2 Å². The van der Waals surface area contributed by atoms with Gasteiger partial charge in [-0.3, -0.25) is 4.79 Å². The van der Waals surface area contributed by atoms with E-state index in [2.05, 4.69) is 10.6 Å². The maximum absolute atomic E-state index is 13.6. The number of methoxy groups -OCH3 is 2. The number of hydrogen-bond donors (Lipinski definition) is 3. The van der Waals surface area contributed by atoms with Crippen LogP contribution in [0.2, 0.25) is 0 Å². The summed E-state index contributed by atoms with van der Waals surface area (Å²) in [4.78, 5) is 13.6. The van der Waals surface area contributed by atoms with Crippen LogP contribution in [-0.4, -0.2) is 25.1 Å². The first-order valence-corrected chi connectivity index (χ1v) is 11.0. The van der Waals surface area contributed by atoms with E-state index in [0.717, 1.165) is 33.9 Å². The zero-order chi connectivity index (χ0) is 22.9. The van der Waals surface area contributed by atoms with Crippen molar-refractivity contribution in [3.63, 3.8) is 0 Å². The van der Waals surface area contributed by atoms with E-state index in [9.17, 15) is 9.90 Å². The van der Waals surface area contributed by atoms with E-state index in [1.165, 1.54) is 7.11 Å². The third-order valence-corrected chi connectivity index (χ3v) is 6.41. The highest BCUT2D eigenvalue weighted by molar-refractivity contribution is 6.01. The lowest BCUT2D eigenvalue weighted by Gasteiger charge is -2.30. The molecule has 0 spiro atoms. The first-order valence-electron chi connectivity index (χ1n) is 11.0. The number of phenolic OH excluding ortho intramolecular Hbond substituents is 1. The number of anilines is 2. The third kappa shape index (κ3) is 3.89. The van der Waals surface area contributed by atoms with E-state index < -0.39 is 6.04 Å². The normalized spacial score (nSPS) is 19.5. The molecule has 3 aromatic carbocycles. The van der Waals surface area contributed by atoms with E-state index >= 15 is 0 Å². The number of ether oxygens (including phenoxy) is 2. The molecule has 2 unspecified atom stereocenters. The van der Waals surface area contributed by atoms with Gasteiger partial charge in [-0.2, -0.15) is 0 Å². The van der Waals surface area contributed by atoms with Gasteiger partial charge in [-0.1, -0.05) is 30.3 Å². The first kappa shape index (κ1) is 20.9. The average molecular weight is 443 g/mol. The van der Waals surface area contributed by atoms with Gasteiger partial charge >= 0.3 is 0 Å². The van der Waals surface area contributed by atoms with Crippen LogP contribution in [0.15, 0.2) is 78.0 Å². The average Bonchev–Trinajstić information content (AvgIpc) is 3.01. The van der Waals surface area contributed by atoms with Gasteiger partial charge in [0.2, 0.25) is 0 Å². The Kier molecular flexibility index (Phi) is 5.42. The zero-order valence-electron chi connectivity index (χ0n) is 18.6. The number of aromatic hydroxyl groups is 1. The fourth-order valence-corrected chi connectivity index (χ4v) is 4.76. The molecule has 0 aromatic heterocycles. The zero-order valence-corrected chi connectivity index (χ0v) is 18.6. The molecule has 1 aliphatic heterocycles. The molecule has 0 radical (unpaired) electrons. The first-order chi connectivity index (χ1) is 16.1. The second-order valence-electron chi connectivity index (χ2n) is 8.38. The van der Waals surface area contributed by atoms with Crippen LogP contribution in [0.4, 0.5) is 11.4 Å². The topological polar surface area (TPSA) is 79.8 Å². The minimum atomic E-state index is -0.397. The lowest BCUT2D eigenvalue weighted by molar-refractivity contribution is -0.116. The van der Waals surface area contributed by atoms with Gasteiger partial charge in [-0.15, -0.1) is 0 Å². The third-order valence-electron chi connectivity index (χ3n) is 6.41. The smallest absolute Gasteiger partial charge is 0.163 e. The summed E-state index contributed by atoms with van der Waals surface area (Å²) >= 11 is 0. The van der Waals surface area contributed by atoms with Gasteiger partial charge in [0.15, 0.2) is 17.3 Å². The predicted octanol–water partition coefficient (Wildman–Crippen LogP) is 5.39. The number of carbonyl (C=O) groups excluding carboxylic acids is 1. The van der Waals surface area contributed by atoms with Crippen LogP contribution in [0.5, 0.6) is 17.2 Å². The molecule has 2 atom stereocenters. The number of para-hydroxylation sites is 2. The predicted molar refractivity (Wildman–Crippen MR) is 128 cm³/mol. The summed E-state index contributed by atoms with van der Waals surface area (Å²) in [6, 6.07) is 20.7. The van der Waals surface area contributed by atoms with Crippen LogP contribution in [-0.2, 0) is 4.79 Å². The second kappa shape index (κ2) is 8.54. The Morgan fingerprint density at radius 3 is 2.45 bits per heavy atom. The molecule has 6 heteroatoms. The summed E-state index contributed by atoms with van der Waals surface area (Å²) in [5.41, 5.74) is 5.31. The minimum absolute atomic E-state index is 0.0435. The summed E-state index contributed by atoms with van der Waals surface area (Å²) in [5, 5.41) is 17.5. The number of rotatable bonds is 4. The molecule has 168 valence electrons. The van der Waals surface area contributed by atoms with Crippen molar-refractivity contribution in [2.45, 2.75) is 24.8 Å². The van der Waals surface area contributed by atoms with Crippen molar-refractivity contribution in [2.24, 2.45) is 0 Å². The Labute approximate surface area is 192 Å². The number of ketones is 1. The molecule has 0 fully saturated rings. The Bertz CT molecular complexity index is 1250. The maximum Gasteiger partial charge on any atom is 0.163 e. The van der Waals surface area contributed by atoms with E-state index in [0.29, 0.717) is 24.2 Å². The molecular formula is C27H26N2O4. The van der Waals surface area contributed by atoms with Crippen molar-refractivity contribution in [3.05, 3.63) is 89.1 Å². The number of Topliss-reactive ketones (excluding diaryl/α,β-unsaturated/α-hetero) is 1. The largest absolute Gasteiger partial charge is 0.504 e.